The Hall–Kier alpha value is -0.570. The molecule has 3 heteroatoms. The molecule has 0 amide bonds. The first-order valence-corrected chi connectivity index (χ1v) is 6.59. The van der Waals surface area contributed by atoms with Crippen molar-refractivity contribution in [3.05, 3.63) is 34.9 Å². The molecule has 1 aliphatic rings. The molecule has 0 aliphatic carbocycles. The second-order valence-electron chi connectivity index (χ2n) is 5.16. The van der Waals surface area contributed by atoms with Crippen LogP contribution in [0.2, 0.25) is 5.02 Å². The predicted octanol–water partition coefficient (Wildman–Crippen LogP) is 3.25. The van der Waals surface area contributed by atoms with Crippen LogP contribution >= 0.6 is 11.6 Å². The van der Waals surface area contributed by atoms with E-state index in [-0.39, 0.29) is 0 Å². The van der Waals surface area contributed by atoms with E-state index >= 15 is 0 Å². The smallest absolute Gasteiger partial charge is 0.0471 e. The van der Waals surface area contributed by atoms with Crippen molar-refractivity contribution in [2.75, 3.05) is 19.8 Å². The maximum atomic E-state index is 5.96. The van der Waals surface area contributed by atoms with Gasteiger partial charge in [0.2, 0.25) is 0 Å². The third-order valence-electron chi connectivity index (χ3n) is 3.47. The van der Waals surface area contributed by atoms with E-state index in [4.69, 9.17) is 16.3 Å². The Morgan fingerprint density at radius 1 is 1.35 bits per heavy atom. The average molecular weight is 254 g/mol. The monoisotopic (exact) mass is 253 g/mol. The molecule has 0 unspecified atom stereocenters. The van der Waals surface area contributed by atoms with Crippen molar-refractivity contribution in [1.82, 2.24) is 5.32 Å². The number of ether oxygens (including phenoxy) is 1. The van der Waals surface area contributed by atoms with Crippen LogP contribution in [0.15, 0.2) is 24.3 Å². The lowest BCUT2D eigenvalue weighted by molar-refractivity contribution is 0.0240. The topological polar surface area (TPSA) is 21.3 Å². The Morgan fingerprint density at radius 2 is 2.12 bits per heavy atom. The fourth-order valence-electron chi connectivity index (χ4n) is 2.20. The number of rotatable bonds is 4. The number of nitrogens with one attached hydrogen (secondary N) is 1. The number of halogens is 1. The second-order valence-corrected chi connectivity index (χ2v) is 5.59. The average Bonchev–Trinajstić information content (AvgIpc) is 2.30. The van der Waals surface area contributed by atoms with Crippen LogP contribution in [-0.4, -0.2) is 19.8 Å². The maximum absolute atomic E-state index is 5.96. The molecule has 1 aromatic rings. The van der Waals surface area contributed by atoms with E-state index in [9.17, 15) is 0 Å². The summed E-state index contributed by atoms with van der Waals surface area (Å²) in [4.78, 5) is 0. The van der Waals surface area contributed by atoms with E-state index in [2.05, 4.69) is 18.3 Å². The van der Waals surface area contributed by atoms with Crippen LogP contribution in [0.25, 0.3) is 0 Å². The highest BCUT2D eigenvalue weighted by atomic mass is 35.5. The minimum atomic E-state index is 0.386. The lowest BCUT2D eigenvalue weighted by Gasteiger charge is -2.33. The number of hydrogen-bond acceptors (Lipinski definition) is 2. The molecule has 1 saturated heterocycles. The molecule has 0 aromatic heterocycles. The van der Waals surface area contributed by atoms with Gasteiger partial charge in [-0.1, -0.05) is 30.7 Å². The molecule has 1 heterocycles. The Bertz CT molecular complexity index is 361. The Labute approximate surface area is 108 Å². The summed E-state index contributed by atoms with van der Waals surface area (Å²) >= 11 is 5.96. The fraction of sp³-hybridized carbons (Fsp3) is 0.571. The van der Waals surface area contributed by atoms with E-state index in [0.29, 0.717) is 5.41 Å². The van der Waals surface area contributed by atoms with Crippen molar-refractivity contribution in [3.63, 3.8) is 0 Å². The number of benzene rings is 1. The quantitative estimate of drug-likeness (QED) is 0.890. The van der Waals surface area contributed by atoms with Crippen LogP contribution in [0.3, 0.4) is 0 Å². The van der Waals surface area contributed by atoms with Crippen LogP contribution in [-0.2, 0) is 11.3 Å². The van der Waals surface area contributed by atoms with E-state index < -0.39 is 0 Å². The van der Waals surface area contributed by atoms with E-state index in [0.717, 1.165) is 44.2 Å². The SMILES string of the molecule is CC1(CNCc2cccc(Cl)c2)CCOCC1. The predicted molar refractivity (Wildman–Crippen MR) is 71.3 cm³/mol. The number of hydrogen-bond donors (Lipinski definition) is 1. The molecular formula is C14H20ClNO. The molecule has 0 atom stereocenters. The maximum Gasteiger partial charge on any atom is 0.0471 e. The van der Waals surface area contributed by atoms with Crippen LogP contribution < -0.4 is 5.32 Å². The molecule has 17 heavy (non-hydrogen) atoms. The van der Waals surface area contributed by atoms with Gasteiger partial charge in [0, 0.05) is 31.3 Å². The molecule has 0 radical (unpaired) electrons. The minimum Gasteiger partial charge on any atom is -0.381 e. The summed E-state index contributed by atoms with van der Waals surface area (Å²) in [5.41, 5.74) is 1.63. The van der Waals surface area contributed by atoms with Gasteiger partial charge >= 0.3 is 0 Å². The summed E-state index contributed by atoms with van der Waals surface area (Å²) in [6, 6.07) is 8.02. The first-order valence-electron chi connectivity index (χ1n) is 6.21. The Balaban J connectivity index is 1.79. The lowest BCUT2D eigenvalue weighted by Crippen LogP contribution is -2.36. The van der Waals surface area contributed by atoms with Crippen molar-refractivity contribution in [2.24, 2.45) is 5.41 Å². The first kappa shape index (κ1) is 12.9. The van der Waals surface area contributed by atoms with Crippen molar-refractivity contribution in [3.8, 4) is 0 Å². The summed E-state index contributed by atoms with van der Waals surface area (Å²) in [5.74, 6) is 0. The zero-order chi connectivity index (χ0) is 12.1. The second kappa shape index (κ2) is 5.85. The molecule has 1 N–H and O–H groups in total. The molecule has 0 saturated carbocycles. The highest BCUT2D eigenvalue weighted by molar-refractivity contribution is 6.30. The Morgan fingerprint density at radius 3 is 2.82 bits per heavy atom. The van der Waals surface area contributed by atoms with Gasteiger partial charge < -0.3 is 10.1 Å². The molecule has 0 spiro atoms. The third kappa shape index (κ3) is 3.98. The van der Waals surface area contributed by atoms with Crippen molar-refractivity contribution >= 4 is 11.6 Å². The van der Waals surface area contributed by atoms with E-state index in [1.165, 1.54) is 5.56 Å². The largest absolute Gasteiger partial charge is 0.381 e. The summed E-state index contributed by atoms with van der Waals surface area (Å²) in [7, 11) is 0. The van der Waals surface area contributed by atoms with Gasteiger partial charge in [0.05, 0.1) is 0 Å². The molecule has 0 bridgehead atoms. The fourth-order valence-corrected chi connectivity index (χ4v) is 2.41. The standard InChI is InChI=1S/C14H20ClNO/c1-14(5-7-17-8-6-14)11-16-10-12-3-2-4-13(15)9-12/h2-4,9,16H,5-8,10-11H2,1H3. The van der Waals surface area contributed by atoms with Crippen LogP contribution in [0.1, 0.15) is 25.3 Å². The van der Waals surface area contributed by atoms with Gasteiger partial charge in [0.1, 0.15) is 0 Å². The van der Waals surface area contributed by atoms with Crippen molar-refractivity contribution in [1.29, 1.82) is 0 Å². The zero-order valence-electron chi connectivity index (χ0n) is 10.3. The van der Waals surface area contributed by atoms with E-state index in [1.54, 1.807) is 0 Å². The van der Waals surface area contributed by atoms with Gasteiger partial charge in [-0.3, -0.25) is 0 Å². The summed E-state index contributed by atoms with van der Waals surface area (Å²) in [5, 5.41) is 4.33. The lowest BCUT2D eigenvalue weighted by atomic mass is 9.82. The van der Waals surface area contributed by atoms with Crippen LogP contribution in [0.5, 0.6) is 0 Å². The summed E-state index contributed by atoms with van der Waals surface area (Å²) in [6.45, 7) is 6.06. The normalized spacial score (nSPS) is 19.2. The van der Waals surface area contributed by atoms with Crippen molar-refractivity contribution in [2.45, 2.75) is 26.3 Å². The van der Waals surface area contributed by atoms with Gasteiger partial charge in [-0.05, 0) is 36.0 Å². The molecule has 1 aliphatic heterocycles. The zero-order valence-corrected chi connectivity index (χ0v) is 11.1. The van der Waals surface area contributed by atoms with Crippen molar-refractivity contribution < 1.29 is 4.74 Å². The van der Waals surface area contributed by atoms with Crippen LogP contribution in [0, 0.1) is 5.41 Å². The van der Waals surface area contributed by atoms with Gasteiger partial charge in [0.25, 0.3) is 0 Å². The van der Waals surface area contributed by atoms with Gasteiger partial charge in [0.15, 0.2) is 0 Å². The van der Waals surface area contributed by atoms with Gasteiger partial charge in [-0.2, -0.15) is 0 Å². The molecular weight excluding hydrogens is 234 g/mol. The van der Waals surface area contributed by atoms with E-state index in [1.807, 2.05) is 18.2 Å². The molecule has 94 valence electrons. The van der Waals surface area contributed by atoms with Crippen LogP contribution in [0.4, 0.5) is 0 Å². The molecule has 2 nitrogen and oxygen atoms in total. The van der Waals surface area contributed by atoms with Gasteiger partial charge in [-0.25, -0.2) is 0 Å². The first-order chi connectivity index (χ1) is 8.18. The molecule has 2 rings (SSSR count). The van der Waals surface area contributed by atoms with Gasteiger partial charge in [-0.15, -0.1) is 0 Å². The Kier molecular flexibility index (Phi) is 4.43. The molecule has 1 fully saturated rings. The third-order valence-corrected chi connectivity index (χ3v) is 3.70. The highest BCUT2D eigenvalue weighted by Crippen LogP contribution is 2.28. The minimum absolute atomic E-state index is 0.386. The molecule has 1 aromatic carbocycles. The summed E-state index contributed by atoms with van der Waals surface area (Å²) in [6.07, 6.45) is 2.30. The highest BCUT2D eigenvalue weighted by Gasteiger charge is 2.26. The summed E-state index contributed by atoms with van der Waals surface area (Å²) < 4.78 is 5.40.